The van der Waals surface area contributed by atoms with Gasteiger partial charge in [-0.05, 0) is 38.5 Å². The third-order valence-corrected chi connectivity index (χ3v) is 4.44. The lowest BCUT2D eigenvalue weighted by Gasteiger charge is -2.35. The van der Waals surface area contributed by atoms with Crippen LogP contribution in [0.3, 0.4) is 0 Å². The molecule has 5 nitrogen and oxygen atoms in total. The lowest BCUT2D eigenvalue weighted by molar-refractivity contribution is -0.519. The van der Waals surface area contributed by atoms with Crippen LogP contribution >= 0.6 is 0 Å². The molecule has 0 radical (unpaired) electrons. The van der Waals surface area contributed by atoms with Gasteiger partial charge in [-0.3, -0.25) is 4.99 Å². The minimum absolute atomic E-state index is 0. The van der Waals surface area contributed by atoms with E-state index in [2.05, 4.69) is 30.6 Å². The van der Waals surface area contributed by atoms with E-state index in [0.29, 0.717) is 11.4 Å². The number of rotatable bonds is 2. The smallest absolute Gasteiger partial charge is 0.203 e. The summed E-state index contributed by atoms with van der Waals surface area (Å²) in [6.07, 6.45) is 7.73. The summed E-state index contributed by atoms with van der Waals surface area (Å²) in [6.45, 7) is 8.18. The van der Waals surface area contributed by atoms with Crippen LogP contribution in [0.5, 0.6) is 0 Å². The molecule has 2 atom stereocenters. The number of halogens is 1. The van der Waals surface area contributed by atoms with Crippen molar-refractivity contribution in [3.63, 3.8) is 0 Å². The van der Waals surface area contributed by atoms with Gasteiger partial charge in [0.05, 0.1) is 6.08 Å². The van der Waals surface area contributed by atoms with Crippen LogP contribution in [-0.4, -0.2) is 41.2 Å². The summed E-state index contributed by atoms with van der Waals surface area (Å²) in [6, 6.07) is -0.181. The Morgan fingerprint density at radius 1 is 1.17 bits per heavy atom. The molecule has 23 heavy (non-hydrogen) atoms. The van der Waals surface area contributed by atoms with Crippen LogP contribution in [-0.2, 0) is 4.74 Å². The molecule has 0 saturated carbocycles. The Hall–Kier alpha value is -2.01. The van der Waals surface area contributed by atoms with Crippen molar-refractivity contribution in [2.24, 2.45) is 16.5 Å². The Morgan fingerprint density at radius 3 is 2.52 bits per heavy atom. The predicted molar refractivity (Wildman–Crippen MR) is 88.8 cm³/mol. The van der Waals surface area contributed by atoms with Crippen molar-refractivity contribution >= 4 is 11.4 Å². The Kier molecular flexibility index (Phi) is 5.00. The first-order valence-corrected chi connectivity index (χ1v) is 7.75. The van der Waals surface area contributed by atoms with Gasteiger partial charge in [-0.25, -0.2) is 4.58 Å². The molecule has 1 heterocycles. The average molecular weight is 335 g/mol. The summed E-state index contributed by atoms with van der Waals surface area (Å²) in [5.74, 6) is 0.799. The molecule has 4 N–H and O–H groups in total. The number of hydrogen-bond donors (Lipinski definition) is 2. The Balaban J connectivity index is 0.00000192. The minimum atomic E-state index is -0.204. The maximum absolute atomic E-state index is 6.19. The fourth-order valence-corrected chi connectivity index (χ4v) is 3.03. The Bertz CT molecular complexity index is 691. The topological polar surface area (TPSA) is 76.6 Å². The first kappa shape index (κ1) is 17.3. The first-order valence-electron chi connectivity index (χ1n) is 7.75. The standard InChI is InChI=1S/C17H23N4O.ClH/c1-4-21(5-2)11-6-7-14-15(8-11)22-17-10(3)12(18)9-13(19)16(17)20-14;/h6-9,16-17H,4-5,18-19H2,1-3H3;1H/q+1;/p-1. The second-order valence-corrected chi connectivity index (χ2v) is 5.72. The molecule has 0 aromatic heterocycles. The molecule has 2 aliphatic carbocycles. The van der Waals surface area contributed by atoms with E-state index in [-0.39, 0.29) is 24.6 Å². The van der Waals surface area contributed by atoms with Crippen LogP contribution in [0.15, 0.2) is 52.0 Å². The second kappa shape index (κ2) is 6.62. The zero-order valence-corrected chi connectivity index (χ0v) is 14.5. The minimum Gasteiger partial charge on any atom is -1.00 e. The van der Waals surface area contributed by atoms with Crippen molar-refractivity contribution in [3.05, 3.63) is 47.0 Å². The van der Waals surface area contributed by atoms with E-state index in [1.807, 2.05) is 13.0 Å². The largest absolute Gasteiger partial charge is 1.00 e. The third-order valence-electron chi connectivity index (χ3n) is 4.44. The first-order chi connectivity index (χ1) is 10.5. The van der Waals surface area contributed by atoms with Gasteiger partial charge in [-0.1, -0.05) is 0 Å². The number of aliphatic imine (C=N–C) groups is 1. The molecule has 0 aromatic rings. The van der Waals surface area contributed by atoms with Gasteiger partial charge in [0.25, 0.3) is 0 Å². The highest BCUT2D eigenvalue weighted by atomic mass is 35.5. The molecule has 3 rings (SSSR count). The van der Waals surface area contributed by atoms with Crippen molar-refractivity contribution in [1.82, 2.24) is 0 Å². The summed E-state index contributed by atoms with van der Waals surface area (Å²) in [5.41, 5.74) is 16.4. The fraction of sp³-hybridized carbons (Fsp3) is 0.412. The number of nitrogens with zero attached hydrogens (tertiary/aromatic N) is 2. The van der Waals surface area contributed by atoms with Crippen LogP contribution in [0.25, 0.3) is 0 Å². The van der Waals surface area contributed by atoms with Gasteiger partial charge in [0, 0.05) is 17.5 Å². The lowest BCUT2D eigenvalue weighted by atomic mass is 9.91. The molecule has 124 valence electrons. The SMILES string of the molecule is CC[N+](CC)=C1C=CC2=NC3C(N)=CC(N)=C(C)C3OC2=C1.[Cl-]. The lowest BCUT2D eigenvalue weighted by Crippen LogP contribution is -3.00. The molecular formula is C17H23ClN4O. The number of hydrogen-bond acceptors (Lipinski definition) is 4. The normalized spacial score (nSPS) is 25.3. The van der Waals surface area contributed by atoms with Crippen LogP contribution in [0, 0.1) is 0 Å². The van der Waals surface area contributed by atoms with Gasteiger partial charge in [-0.2, -0.15) is 0 Å². The predicted octanol–water partition coefficient (Wildman–Crippen LogP) is -1.77. The molecule has 2 unspecified atom stereocenters. The van der Waals surface area contributed by atoms with Gasteiger partial charge < -0.3 is 28.6 Å². The van der Waals surface area contributed by atoms with E-state index >= 15 is 0 Å². The second-order valence-electron chi connectivity index (χ2n) is 5.72. The van der Waals surface area contributed by atoms with Crippen LogP contribution < -0.4 is 23.9 Å². The van der Waals surface area contributed by atoms with Gasteiger partial charge in [-0.15, -0.1) is 0 Å². The van der Waals surface area contributed by atoms with Crippen molar-refractivity contribution in [3.8, 4) is 0 Å². The average Bonchev–Trinajstić information content (AvgIpc) is 2.52. The number of fused-ring (bicyclic) bond motifs is 2. The molecule has 0 amide bonds. The number of ether oxygens (including phenoxy) is 1. The van der Waals surface area contributed by atoms with Gasteiger partial charge >= 0.3 is 0 Å². The zero-order valence-electron chi connectivity index (χ0n) is 13.7. The monoisotopic (exact) mass is 334 g/mol. The van der Waals surface area contributed by atoms with E-state index in [1.165, 1.54) is 0 Å². The van der Waals surface area contributed by atoms with Crippen LogP contribution in [0.1, 0.15) is 20.8 Å². The summed E-state index contributed by atoms with van der Waals surface area (Å²) < 4.78 is 8.47. The molecule has 0 saturated heterocycles. The van der Waals surface area contributed by atoms with Gasteiger partial charge in [0.1, 0.15) is 30.9 Å². The fourth-order valence-electron chi connectivity index (χ4n) is 3.03. The quantitative estimate of drug-likeness (QED) is 0.464. The molecule has 6 heteroatoms. The summed E-state index contributed by atoms with van der Waals surface area (Å²) >= 11 is 0. The molecule has 0 aromatic carbocycles. The van der Waals surface area contributed by atoms with E-state index < -0.39 is 0 Å². The van der Waals surface area contributed by atoms with Crippen molar-refractivity contribution in [2.45, 2.75) is 32.9 Å². The molecular weight excluding hydrogens is 312 g/mol. The Morgan fingerprint density at radius 2 is 1.87 bits per heavy atom. The number of allylic oxidation sites excluding steroid dienone is 4. The molecule has 0 bridgehead atoms. The summed E-state index contributed by atoms with van der Waals surface area (Å²) in [7, 11) is 0. The highest BCUT2D eigenvalue weighted by Gasteiger charge is 2.37. The van der Waals surface area contributed by atoms with Gasteiger partial charge in [0.2, 0.25) is 5.71 Å². The van der Waals surface area contributed by atoms with Crippen molar-refractivity contribution in [2.75, 3.05) is 13.1 Å². The van der Waals surface area contributed by atoms with Gasteiger partial charge in [0.15, 0.2) is 5.76 Å². The summed E-state index contributed by atoms with van der Waals surface area (Å²) in [4.78, 5) is 4.76. The van der Waals surface area contributed by atoms with E-state index in [1.54, 1.807) is 6.08 Å². The Labute approximate surface area is 143 Å². The molecule has 0 spiro atoms. The highest BCUT2D eigenvalue weighted by molar-refractivity contribution is 6.19. The zero-order chi connectivity index (χ0) is 15.9. The van der Waals surface area contributed by atoms with E-state index in [0.717, 1.165) is 35.8 Å². The van der Waals surface area contributed by atoms with Crippen LogP contribution in [0.2, 0.25) is 0 Å². The maximum Gasteiger partial charge on any atom is 0.203 e. The summed E-state index contributed by atoms with van der Waals surface area (Å²) in [5, 5.41) is 0. The molecule has 0 fully saturated rings. The van der Waals surface area contributed by atoms with E-state index in [4.69, 9.17) is 21.2 Å². The van der Waals surface area contributed by atoms with Crippen molar-refractivity contribution in [1.29, 1.82) is 0 Å². The molecule has 3 aliphatic rings. The van der Waals surface area contributed by atoms with Crippen LogP contribution in [0.4, 0.5) is 0 Å². The van der Waals surface area contributed by atoms with Crippen molar-refractivity contribution < 1.29 is 21.7 Å². The highest BCUT2D eigenvalue weighted by Crippen LogP contribution is 2.32. The number of nitrogens with two attached hydrogens (primary N) is 2. The third kappa shape index (κ3) is 2.93. The molecule has 1 aliphatic heterocycles. The maximum atomic E-state index is 6.19. The van der Waals surface area contributed by atoms with E-state index in [9.17, 15) is 0 Å².